The molecule has 0 fully saturated rings. The minimum absolute atomic E-state index is 0.916. The van der Waals surface area contributed by atoms with E-state index in [-0.39, 0.29) is 0 Å². The standard InChI is InChI=1S/C19H16N2/c1-21-17-10-6-5-9-16(17)19-15(12-20-13-18(19)21)11-14-7-3-2-4-8-14/h2-10,12-13H,11H2,1H3. The molecule has 2 heteroatoms. The van der Waals surface area contributed by atoms with E-state index in [4.69, 9.17) is 0 Å². The lowest BCUT2D eigenvalue weighted by Gasteiger charge is -2.04. The molecular formula is C19H16N2. The fourth-order valence-corrected chi connectivity index (χ4v) is 3.11. The van der Waals surface area contributed by atoms with Gasteiger partial charge < -0.3 is 4.57 Å². The number of rotatable bonds is 2. The van der Waals surface area contributed by atoms with Gasteiger partial charge in [-0.15, -0.1) is 0 Å². The largest absolute Gasteiger partial charge is 0.342 e. The average molecular weight is 272 g/mol. The van der Waals surface area contributed by atoms with Gasteiger partial charge in [0, 0.05) is 29.5 Å². The van der Waals surface area contributed by atoms with Crippen LogP contribution in [0.2, 0.25) is 0 Å². The number of para-hydroxylation sites is 1. The Morgan fingerprint density at radius 3 is 2.48 bits per heavy atom. The number of pyridine rings is 1. The van der Waals surface area contributed by atoms with Crippen LogP contribution in [0.4, 0.5) is 0 Å². The van der Waals surface area contributed by atoms with Crippen LogP contribution in [0.15, 0.2) is 67.0 Å². The molecule has 0 bridgehead atoms. The van der Waals surface area contributed by atoms with Crippen molar-refractivity contribution in [3.63, 3.8) is 0 Å². The maximum absolute atomic E-state index is 4.44. The summed E-state index contributed by atoms with van der Waals surface area (Å²) in [4.78, 5) is 4.44. The van der Waals surface area contributed by atoms with Crippen LogP contribution >= 0.6 is 0 Å². The van der Waals surface area contributed by atoms with Gasteiger partial charge in [0.25, 0.3) is 0 Å². The lowest BCUT2D eigenvalue weighted by Crippen LogP contribution is -1.92. The van der Waals surface area contributed by atoms with E-state index < -0.39 is 0 Å². The molecule has 0 N–H and O–H groups in total. The molecule has 4 aromatic rings. The monoisotopic (exact) mass is 272 g/mol. The quantitative estimate of drug-likeness (QED) is 0.531. The highest BCUT2D eigenvalue weighted by atomic mass is 14.9. The van der Waals surface area contributed by atoms with Crippen molar-refractivity contribution in [3.05, 3.63) is 78.1 Å². The van der Waals surface area contributed by atoms with Crippen LogP contribution in [0.5, 0.6) is 0 Å². The Hall–Kier alpha value is -2.61. The molecule has 0 amide bonds. The summed E-state index contributed by atoms with van der Waals surface area (Å²) in [6.07, 6.45) is 4.88. The van der Waals surface area contributed by atoms with Crippen molar-refractivity contribution < 1.29 is 0 Å². The summed E-state index contributed by atoms with van der Waals surface area (Å²) in [5.41, 5.74) is 5.06. The number of benzene rings is 2. The van der Waals surface area contributed by atoms with Crippen LogP contribution in [0.25, 0.3) is 21.8 Å². The lowest BCUT2D eigenvalue weighted by molar-refractivity contribution is 1.01. The fraction of sp³-hybridized carbons (Fsp3) is 0.105. The maximum atomic E-state index is 4.44. The van der Waals surface area contributed by atoms with Crippen molar-refractivity contribution in [2.45, 2.75) is 6.42 Å². The minimum Gasteiger partial charge on any atom is -0.342 e. The predicted molar refractivity (Wildman–Crippen MR) is 87.5 cm³/mol. The van der Waals surface area contributed by atoms with Gasteiger partial charge in [0.05, 0.1) is 11.7 Å². The highest BCUT2D eigenvalue weighted by Crippen LogP contribution is 2.30. The molecule has 0 aliphatic carbocycles. The Morgan fingerprint density at radius 2 is 1.62 bits per heavy atom. The van der Waals surface area contributed by atoms with Gasteiger partial charge in [0.1, 0.15) is 0 Å². The van der Waals surface area contributed by atoms with Crippen molar-refractivity contribution in [1.82, 2.24) is 9.55 Å². The van der Waals surface area contributed by atoms with Crippen LogP contribution < -0.4 is 0 Å². The first-order chi connectivity index (χ1) is 10.3. The van der Waals surface area contributed by atoms with E-state index >= 15 is 0 Å². The molecular weight excluding hydrogens is 256 g/mol. The highest BCUT2D eigenvalue weighted by molar-refractivity contribution is 6.09. The summed E-state index contributed by atoms with van der Waals surface area (Å²) >= 11 is 0. The normalized spacial score (nSPS) is 11.3. The van der Waals surface area contributed by atoms with Crippen molar-refractivity contribution >= 4 is 21.8 Å². The first kappa shape index (κ1) is 12.2. The summed E-state index contributed by atoms with van der Waals surface area (Å²) < 4.78 is 2.23. The summed E-state index contributed by atoms with van der Waals surface area (Å²) in [5.74, 6) is 0. The van der Waals surface area contributed by atoms with Crippen molar-refractivity contribution in [2.24, 2.45) is 7.05 Å². The number of hydrogen-bond acceptors (Lipinski definition) is 1. The van der Waals surface area contributed by atoms with Gasteiger partial charge in [0.2, 0.25) is 0 Å². The molecule has 2 nitrogen and oxygen atoms in total. The first-order valence-corrected chi connectivity index (χ1v) is 7.18. The third-order valence-electron chi connectivity index (χ3n) is 4.14. The van der Waals surface area contributed by atoms with Crippen molar-refractivity contribution in [3.8, 4) is 0 Å². The molecule has 2 aromatic carbocycles. The molecule has 0 saturated carbocycles. The van der Waals surface area contributed by atoms with E-state index in [2.05, 4.69) is 71.2 Å². The maximum Gasteiger partial charge on any atom is 0.0678 e. The Labute approximate surface area is 123 Å². The summed E-state index contributed by atoms with van der Waals surface area (Å²) in [6.45, 7) is 0. The molecule has 0 aliphatic rings. The van der Waals surface area contributed by atoms with Gasteiger partial charge in [-0.25, -0.2) is 0 Å². The van der Waals surface area contributed by atoms with Crippen molar-refractivity contribution in [2.75, 3.05) is 0 Å². The Balaban J connectivity index is 1.99. The van der Waals surface area contributed by atoms with Gasteiger partial charge in [-0.05, 0) is 23.6 Å². The molecule has 0 saturated heterocycles. The molecule has 0 unspecified atom stereocenters. The minimum atomic E-state index is 0.916. The third kappa shape index (κ3) is 1.91. The Kier molecular flexibility index (Phi) is 2.74. The molecule has 0 aliphatic heterocycles. The second-order valence-electron chi connectivity index (χ2n) is 5.43. The van der Waals surface area contributed by atoms with E-state index in [0.29, 0.717) is 0 Å². The number of aryl methyl sites for hydroxylation is 1. The van der Waals surface area contributed by atoms with Gasteiger partial charge in [-0.1, -0.05) is 48.5 Å². The molecule has 4 rings (SSSR count). The molecule has 102 valence electrons. The van der Waals surface area contributed by atoms with E-state index in [9.17, 15) is 0 Å². The molecule has 21 heavy (non-hydrogen) atoms. The highest BCUT2D eigenvalue weighted by Gasteiger charge is 2.12. The summed E-state index contributed by atoms with van der Waals surface area (Å²) in [7, 11) is 2.11. The molecule has 0 atom stereocenters. The van der Waals surface area contributed by atoms with Crippen LogP contribution in [0, 0.1) is 0 Å². The number of hydrogen-bond donors (Lipinski definition) is 0. The summed E-state index contributed by atoms with van der Waals surface area (Å²) in [6, 6.07) is 19.1. The van der Waals surface area contributed by atoms with Crippen LogP contribution in [-0.2, 0) is 13.5 Å². The predicted octanol–water partition coefficient (Wildman–Crippen LogP) is 4.32. The van der Waals surface area contributed by atoms with Gasteiger partial charge in [-0.3, -0.25) is 4.98 Å². The molecule has 0 radical (unpaired) electrons. The lowest BCUT2D eigenvalue weighted by atomic mass is 10.0. The van der Waals surface area contributed by atoms with Crippen LogP contribution in [-0.4, -0.2) is 9.55 Å². The Bertz CT molecular complexity index is 920. The van der Waals surface area contributed by atoms with Gasteiger partial charge in [-0.2, -0.15) is 0 Å². The van der Waals surface area contributed by atoms with Crippen molar-refractivity contribution in [1.29, 1.82) is 0 Å². The second kappa shape index (κ2) is 4.74. The third-order valence-corrected chi connectivity index (χ3v) is 4.14. The zero-order valence-corrected chi connectivity index (χ0v) is 12.0. The average Bonchev–Trinajstić information content (AvgIpc) is 2.83. The van der Waals surface area contributed by atoms with E-state index in [0.717, 1.165) is 6.42 Å². The first-order valence-electron chi connectivity index (χ1n) is 7.18. The topological polar surface area (TPSA) is 17.8 Å². The number of fused-ring (bicyclic) bond motifs is 3. The molecule has 2 heterocycles. The van der Waals surface area contributed by atoms with Gasteiger partial charge in [0.15, 0.2) is 0 Å². The zero-order valence-electron chi connectivity index (χ0n) is 12.0. The fourth-order valence-electron chi connectivity index (χ4n) is 3.11. The van der Waals surface area contributed by atoms with E-state index in [1.807, 2.05) is 12.4 Å². The Morgan fingerprint density at radius 1 is 0.857 bits per heavy atom. The molecule has 2 aromatic heterocycles. The van der Waals surface area contributed by atoms with E-state index in [1.54, 1.807) is 0 Å². The number of aromatic nitrogens is 2. The SMILES string of the molecule is Cn1c2ccccc2c2c(Cc3ccccc3)cncc21. The second-order valence-corrected chi connectivity index (χ2v) is 5.43. The number of nitrogens with zero attached hydrogens (tertiary/aromatic N) is 2. The van der Waals surface area contributed by atoms with E-state index in [1.165, 1.54) is 32.9 Å². The van der Waals surface area contributed by atoms with Crippen LogP contribution in [0.1, 0.15) is 11.1 Å². The smallest absolute Gasteiger partial charge is 0.0678 e. The molecule has 0 spiro atoms. The van der Waals surface area contributed by atoms with Crippen LogP contribution in [0.3, 0.4) is 0 Å². The summed E-state index contributed by atoms with van der Waals surface area (Å²) in [5, 5.41) is 2.63. The van der Waals surface area contributed by atoms with Gasteiger partial charge >= 0.3 is 0 Å². The zero-order chi connectivity index (χ0) is 14.2.